The van der Waals surface area contributed by atoms with Gasteiger partial charge in [0, 0.05) is 11.6 Å². The molecule has 0 aliphatic rings. The Labute approximate surface area is 130 Å². The Kier molecular flexibility index (Phi) is 3.92. The minimum absolute atomic E-state index is 0.299. The molecular weight excluding hydrogens is 334 g/mol. The van der Waals surface area contributed by atoms with Gasteiger partial charge in [-0.05, 0) is 39.7 Å². The molecule has 0 fully saturated rings. The van der Waals surface area contributed by atoms with Crippen LogP contribution in [0.3, 0.4) is 0 Å². The van der Waals surface area contributed by atoms with Crippen molar-refractivity contribution in [3.63, 3.8) is 0 Å². The van der Waals surface area contributed by atoms with Gasteiger partial charge in [-0.25, -0.2) is 5.43 Å². The highest BCUT2D eigenvalue weighted by Crippen LogP contribution is 2.32. The summed E-state index contributed by atoms with van der Waals surface area (Å²) in [5.74, 6) is 7.09. The molecule has 5 nitrogen and oxygen atoms in total. The van der Waals surface area contributed by atoms with Gasteiger partial charge in [0.1, 0.15) is 23.1 Å². The van der Waals surface area contributed by atoms with Crippen molar-refractivity contribution >= 4 is 26.9 Å². The van der Waals surface area contributed by atoms with E-state index in [-0.39, 0.29) is 6.04 Å². The van der Waals surface area contributed by atoms with Gasteiger partial charge >= 0.3 is 0 Å². The van der Waals surface area contributed by atoms with Crippen LogP contribution >= 0.6 is 15.9 Å². The standard InChI is InChI=1S/C15H14BrN3O2/c1-20-11-5-10(7-18-8-11)14(19-17)13-6-9-3-2-4-12(16)15(9)21-13/h2-8,14,19H,17H2,1H3. The van der Waals surface area contributed by atoms with Crippen molar-refractivity contribution in [2.45, 2.75) is 6.04 Å². The predicted octanol–water partition coefficient (Wildman–Crippen LogP) is 3.15. The number of hydrazine groups is 1. The maximum atomic E-state index is 5.92. The summed E-state index contributed by atoms with van der Waals surface area (Å²) in [4.78, 5) is 4.15. The number of nitrogens with one attached hydrogen (secondary N) is 1. The number of fused-ring (bicyclic) bond motifs is 1. The number of pyridine rings is 1. The second-order valence-corrected chi connectivity index (χ2v) is 5.42. The fourth-order valence-electron chi connectivity index (χ4n) is 2.24. The molecular formula is C15H14BrN3O2. The molecule has 0 saturated heterocycles. The zero-order valence-electron chi connectivity index (χ0n) is 11.3. The topological polar surface area (TPSA) is 73.3 Å². The van der Waals surface area contributed by atoms with Gasteiger partial charge in [-0.1, -0.05) is 12.1 Å². The van der Waals surface area contributed by atoms with E-state index in [0.717, 1.165) is 26.8 Å². The number of halogens is 1. The molecule has 1 atom stereocenters. The molecule has 0 saturated carbocycles. The van der Waals surface area contributed by atoms with Crippen LogP contribution < -0.4 is 16.0 Å². The Hall–Kier alpha value is -1.89. The molecule has 0 radical (unpaired) electrons. The van der Waals surface area contributed by atoms with E-state index < -0.39 is 0 Å². The molecule has 0 bridgehead atoms. The smallest absolute Gasteiger partial charge is 0.148 e. The third-order valence-electron chi connectivity index (χ3n) is 3.27. The van der Waals surface area contributed by atoms with Crippen LogP contribution in [0.2, 0.25) is 0 Å². The largest absolute Gasteiger partial charge is 0.495 e. The minimum atomic E-state index is -0.299. The molecule has 108 valence electrons. The summed E-state index contributed by atoms with van der Waals surface area (Å²) in [6.45, 7) is 0. The van der Waals surface area contributed by atoms with Crippen molar-refractivity contribution in [1.29, 1.82) is 0 Å². The number of aromatic nitrogens is 1. The number of methoxy groups -OCH3 is 1. The third-order valence-corrected chi connectivity index (χ3v) is 3.89. The normalized spacial score (nSPS) is 12.5. The number of furan rings is 1. The molecule has 0 aliphatic carbocycles. The molecule has 2 heterocycles. The number of ether oxygens (including phenoxy) is 1. The van der Waals surface area contributed by atoms with E-state index in [1.807, 2.05) is 30.3 Å². The zero-order chi connectivity index (χ0) is 14.8. The highest BCUT2D eigenvalue weighted by Gasteiger charge is 2.19. The number of nitrogens with two attached hydrogens (primary N) is 1. The van der Waals surface area contributed by atoms with Crippen LogP contribution in [-0.4, -0.2) is 12.1 Å². The summed E-state index contributed by atoms with van der Waals surface area (Å²) in [5, 5.41) is 1.01. The lowest BCUT2D eigenvalue weighted by molar-refractivity contribution is 0.410. The summed E-state index contributed by atoms with van der Waals surface area (Å²) in [5.41, 5.74) is 4.42. The molecule has 3 N–H and O–H groups in total. The van der Waals surface area contributed by atoms with E-state index in [4.69, 9.17) is 15.0 Å². The SMILES string of the molecule is COc1cncc(C(NN)c2cc3cccc(Br)c3o2)c1. The summed E-state index contributed by atoms with van der Waals surface area (Å²) in [6.07, 6.45) is 3.38. The number of benzene rings is 1. The fourth-order valence-corrected chi connectivity index (χ4v) is 2.70. The highest BCUT2D eigenvalue weighted by molar-refractivity contribution is 9.10. The minimum Gasteiger partial charge on any atom is -0.495 e. The van der Waals surface area contributed by atoms with Crippen molar-refractivity contribution < 1.29 is 9.15 Å². The first kappa shape index (κ1) is 14.1. The molecule has 6 heteroatoms. The van der Waals surface area contributed by atoms with E-state index in [1.165, 1.54) is 0 Å². The quantitative estimate of drug-likeness (QED) is 0.560. The van der Waals surface area contributed by atoms with Gasteiger partial charge in [0.15, 0.2) is 0 Å². The second kappa shape index (κ2) is 5.85. The van der Waals surface area contributed by atoms with Crippen LogP contribution in [0.25, 0.3) is 11.0 Å². The molecule has 21 heavy (non-hydrogen) atoms. The number of hydrogen-bond donors (Lipinski definition) is 2. The molecule has 2 aromatic heterocycles. The van der Waals surface area contributed by atoms with Crippen LogP contribution in [0.4, 0.5) is 0 Å². The van der Waals surface area contributed by atoms with Crippen LogP contribution in [-0.2, 0) is 0 Å². The predicted molar refractivity (Wildman–Crippen MR) is 83.9 cm³/mol. The van der Waals surface area contributed by atoms with Crippen molar-refractivity contribution in [3.05, 3.63) is 58.5 Å². The van der Waals surface area contributed by atoms with Gasteiger partial charge in [0.05, 0.1) is 17.8 Å². The first-order chi connectivity index (χ1) is 10.2. The van der Waals surface area contributed by atoms with Gasteiger partial charge in [-0.15, -0.1) is 0 Å². The summed E-state index contributed by atoms with van der Waals surface area (Å²) >= 11 is 3.48. The van der Waals surface area contributed by atoms with Crippen molar-refractivity contribution in [2.24, 2.45) is 5.84 Å². The lowest BCUT2D eigenvalue weighted by atomic mass is 10.1. The molecule has 0 spiro atoms. The van der Waals surface area contributed by atoms with E-state index in [9.17, 15) is 0 Å². The summed E-state index contributed by atoms with van der Waals surface area (Å²) in [7, 11) is 1.60. The van der Waals surface area contributed by atoms with Gasteiger partial charge in [-0.2, -0.15) is 0 Å². The van der Waals surface area contributed by atoms with Crippen LogP contribution in [0.5, 0.6) is 5.75 Å². The first-order valence-electron chi connectivity index (χ1n) is 6.36. The van der Waals surface area contributed by atoms with E-state index in [1.54, 1.807) is 19.5 Å². The molecule has 1 unspecified atom stereocenters. The zero-order valence-corrected chi connectivity index (χ0v) is 12.9. The van der Waals surface area contributed by atoms with E-state index >= 15 is 0 Å². The van der Waals surface area contributed by atoms with Crippen molar-refractivity contribution in [2.75, 3.05) is 7.11 Å². The first-order valence-corrected chi connectivity index (χ1v) is 7.15. The van der Waals surface area contributed by atoms with Crippen LogP contribution in [0, 0.1) is 0 Å². The molecule has 1 aromatic carbocycles. The van der Waals surface area contributed by atoms with Gasteiger partial charge in [0.2, 0.25) is 0 Å². The number of nitrogens with zero attached hydrogens (tertiary/aromatic N) is 1. The lowest BCUT2D eigenvalue weighted by Crippen LogP contribution is -2.28. The van der Waals surface area contributed by atoms with Crippen molar-refractivity contribution in [3.8, 4) is 5.75 Å². The molecule has 0 amide bonds. The number of rotatable bonds is 4. The molecule has 3 rings (SSSR count). The maximum Gasteiger partial charge on any atom is 0.148 e. The lowest BCUT2D eigenvalue weighted by Gasteiger charge is -2.14. The van der Waals surface area contributed by atoms with Gasteiger partial charge < -0.3 is 9.15 Å². The summed E-state index contributed by atoms with van der Waals surface area (Å²) in [6, 6.07) is 9.43. The number of hydrogen-bond acceptors (Lipinski definition) is 5. The molecule has 0 aliphatic heterocycles. The summed E-state index contributed by atoms with van der Waals surface area (Å²) < 4.78 is 12.0. The van der Waals surface area contributed by atoms with Gasteiger partial charge in [-0.3, -0.25) is 10.8 Å². The highest BCUT2D eigenvalue weighted by atomic mass is 79.9. The van der Waals surface area contributed by atoms with Gasteiger partial charge in [0.25, 0.3) is 0 Å². The van der Waals surface area contributed by atoms with E-state index in [0.29, 0.717) is 5.75 Å². The Morgan fingerprint density at radius 2 is 2.19 bits per heavy atom. The average Bonchev–Trinajstić information content (AvgIpc) is 2.93. The van der Waals surface area contributed by atoms with Crippen LogP contribution in [0.1, 0.15) is 17.4 Å². The van der Waals surface area contributed by atoms with E-state index in [2.05, 4.69) is 26.3 Å². The third kappa shape index (κ3) is 2.65. The Morgan fingerprint density at radius 1 is 1.33 bits per heavy atom. The monoisotopic (exact) mass is 347 g/mol. The fraction of sp³-hybridized carbons (Fsp3) is 0.133. The van der Waals surface area contributed by atoms with Crippen LogP contribution in [0.15, 0.2) is 51.6 Å². The molecule has 3 aromatic rings. The second-order valence-electron chi connectivity index (χ2n) is 4.56. The Balaban J connectivity index is 2.07. The Bertz CT molecular complexity index is 772. The number of para-hydroxylation sites is 1. The average molecular weight is 348 g/mol. The van der Waals surface area contributed by atoms with Crippen molar-refractivity contribution in [1.82, 2.24) is 10.4 Å². The maximum absolute atomic E-state index is 5.92. The Morgan fingerprint density at radius 3 is 2.90 bits per heavy atom.